The van der Waals surface area contributed by atoms with Gasteiger partial charge in [0.1, 0.15) is 23.2 Å². The highest BCUT2D eigenvalue weighted by Crippen LogP contribution is 2.33. The Bertz CT molecular complexity index is 599. The summed E-state index contributed by atoms with van der Waals surface area (Å²) in [4.78, 5) is 0. The van der Waals surface area contributed by atoms with E-state index in [1.165, 1.54) is 18.2 Å². The van der Waals surface area contributed by atoms with E-state index in [4.69, 9.17) is 4.42 Å². The standard InChI is InChI=1S/C16H19F2NO/c1-5-19-16(14-9(2)10(3)20-11(14)4)15-12(17)7-6-8-13(15)18/h6-8,16,19H,5H2,1-4H3. The Hall–Kier alpha value is -1.68. The molecule has 2 aromatic rings. The molecule has 2 nitrogen and oxygen atoms in total. The zero-order valence-electron chi connectivity index (χ0n) is 12.2. The van der Waals surface area contributed by atoms with Gasteiger partial charge in [0.25, 0.3) is 0 Å². The highest BCUT2D eigenvalue weighted by atomic mass is 19.1. The van der Waals surface area contributed by atoms with Crippen LogP contribution in [0.5, 0.6) is 0 Å². The van der Waals surface area contributed by atoms with Crippen LogP contribution < -0.4 is 5.32 Å². The maximum atomic E-state index is 14.1. The Labute approximate surface area is 117 Å². The molecule has 0 fully saturated rings. The van der Waals surface area contributed by atoms with Gasteiger partial charge < -0.3 is 9.73 Å². The maximum Gasteiger partial charge on any atom is 0.131 e. The maximum absolute atomic E-state index is 14.1. The molecule has 108 valence electrons. The van der Waals surface area contributed by atoms with Crippen molar-refractivity contribution in [2.45, 2.75) is 33.7 Å². The van der Waals surface area contributed by atoms with Crippen LogP contribution in [0.15, 0.2) is 22.6 Å². The lowest BCUT2D eigenvalue weighted by atomic mass is 9.94. The van der Waals surface area contributed by atoms with Crippen molar-refractivity contribution >= 4 is 0 Å². The summed E-state index contributed by atoms with van der Waals surface area (Å²) in [6, 6.07) is 3.39. The van der Waals surface area contributed by atoms with E-state index in [1.807, 2.05) is 27.7 Å². The van der Waals surface area contributed by atoms with E-state index in [9.17, 15) is 8.78 Å². The lowest BCUT2D eigenvalue weighted by Gasteiger charge is -2.20. The van der Waals surface area contributed by atoms with E-state index < -0.39 is 17.7 Å². The van der Waals surface area contributed by atoms with E-state index in [0.29, 0.717) is 12.3 Å². The first kappa shape index (κ1) is 14.7. The minimum atomic E-state index is -0.548. The second-order valence-corrected chi connectivity index (χ2v) is 4.88. The summed E-state index contributed by atoms with van der Waals surface area (Å²) in [5, 5.41) is 3.15. The Morgan fingerprint density at radius 3 is 2.10 bits per heavy atom. The van der Waals surface area contributed by atoms with Crippen molar-refractivity contribution in [1.82, 2.24) is 5.32 Å². The molecule has 1 atom stereocenters. The second kappa shape index (κ2) is 5.75. The summed E-state index contributed by atoms with van der Waals surface area (Å²) in [6.45, 7) is 8.08. The molecule has 0 aliphatic carbocycles. The largest absolute Gasteiger partial charge is 0.466 e. The Balaban J connectivity index is 2.63. The topological polar surface area (TPSA) is 25.2 Å². The van der Waals surface area contributed by atoms with Crippen molar-refractivity contribution in [2.75, 3.05) is 6.54 Å². The van der Waals surface area contributed by atoms with Gasteiger partial charge >= 0.3 is 0 Å². The fraction of sp³-hybridized carbons (Fsp3) is 0.375. The van der Waals surface area contributed by atoms with Gasteiger partial charge in [-0.3, -0.25) is 0 Å². The normalized spacial score (nSPS) is 12.7. The summed E-state index contributed by atoms with van der Waals surface area (Å²) in [5.74, 6) is 0.368. The number of hydrogen-bond acceptors (Lipinski definition) is 2. The third-order valence-electron chi connectivity index (χ3n) is 3.60. The second-order valence-electron chi connectivity index (χ2n) is 4.88. The fourth-order valence-corrected chi connectivity index (χ4v) is 2.57. The van der Waals surface area contributed by atoms with E-state index in [0.717, 1.165) is 16.9 Å². The minimum Gasteiger partial charge on any atom is -0.466 e. The average molecular weight is 279 g/mol. The molecule has 1 heterocycles. The molecule has 0 saturated heterocycles. The van der Waals surface area contributed by atoms with Gasteiger partial charge in [-0.1, -0.05) is 13.0 Å². The summed E-state index contributed by atoms with van der Waals surface area (Å²) >= 11 is 0. The molecule has 4 heteroatoms. The molecule has 2 rings (SSSR count). The van der Waals surface area contributed by atoms with Gasteiger partial charge in [0.15, 0.2) is 0 Å². The molecule has 20 heavy (non-hydrogen) atoms. The zero-order chi connectivity index (χ0) is 14.9. The Kier molecular flexibility index (Phi) is 4.23. The van der Waals surface area contributed by atoms with E-state index in [-0.39, 0.29) is 5.56 Å². The molecule has 1 aromatic carbocycles. The first-order valence-corrected chi connectivity index (χ1v) is 6.71. The van der Waals surface area contributed by atoms with Crippen LogP contribution in [0.25, 0.3) is 0 Å². The number of hydrogen-bond donors (Lipinski definition) is 1. The van der Waals surface area contributed by atoms with E-state index in [2.05, 4.69) is 5.32 Å². The van der Waals surface area contributed by atoms with E-state index >= 15 is 0 Å². The van der Waals surface area contributed by atoms with Crippen molar-refractivity contribution in [1.29, 1.82) is 0 Å². The molecule has 0 aliphatic heterocycles. The first-order chi connectivity index (χ1) is 9.47. The van der Waals surface area contributed by atoms with Crippen LogP contribution in [0.1, 0.15) is 41.2 Å². The van der Waals surface area contributed by atoms with Crippen LogP contribution in [-0.4, -0.2) is 6.54 Å². The van der Waals surface area contributed by atoms with Crippen molar-refractivity contribution in [3.63, 3.8) is 0 Å². The van der Waals surface area contributed by atoms with Gasteiger partial charge in [-0.25, -0.2) is 8.78 Å². The summed E-state index contributed by atoms with van der Waals surface area (Å²) in [7, 11) is 0. The van der Waals surface area contributed by atoms with Crippen molar-refractivity contribution in [2.24, 2.45) is 0 Å². The Morgan fingerprint density at radius 2 is 1.65 bits per heavy atom. The average Bonchev–Trinajstić information content (AvgIpc) is 2.62. The zero-order valence-corrected chi connectivity index (χ0v) is 12.2. The van der Waals surface area contributed by atoms with Crippen molar-refractivity contribution < 1.29 is 13.2 Å². The molecule has 0 amide bonds. The number of halogens is 2. The summed E-state index contributed by atoms with van der Waals surface area (Å²) in [5.41, 5.74) is 1.78. The molecular weight excluding hydrogens is 260 g/mol. The van der Waals surface area contributed by atoms with E-state index in [1.54, 1.807) is 0 Å². The summed E-state index contributed by atoms with van der Waals surface area (Å²) < 4.78 is 33.7. The molecule has 1 unspecified atom stereocenters. The van der Waals surface area contributed by atoms with Crippen LogP contribution in [0, 0.1) is 32.4 Å². The van der Waals surface area contributed by atoms with Gasteiger partial charge in [-0.15, -0.1) is 0 Å². The first-order valence-electron chi connectivity index (χ1n) is 6.71. The lowest BCUT2D eigenvalue weighted by Crippen LogP contribution is -2.25. The van der Waals surface area contributed by atoms with Gasteiger partial charge in [-0.2, -0.15) is 0 Å². The predicted octanol–water partition coefficient (Wildman–Crippen LogP) is 4.18. The molecule has 0 saturated carbocycles. The third kappa shape index (κ3) is 2.48. The van der Waals surface area contributed by atoms with Gasteiger partial charge in [0.05, 0.1) is 6.04 Å². The van der Waals surface area contributed by atoms with Gasteiger partial charge in [-0.05, 0) is 45.0 Å². The lowest BCUT2D eigenvalue weighted by molar-refractivity contribution is 0.483. The van der Waals surface area contributed by atoms with Crippen LogP contribution >= 0.6 is 0 Å². The fourth-order valence-electron chi connectivity index (χ4n) is 2.57. The minimum absolute atomic E-state index is 0.0429. The molecule has 1 aromatic heterocycles. The number of rotatable bonds is 4. The molecule has 0 radical (unpaired) electrons. The quantitative estimate of drug-likeness (QED) is 0.908. The van der Waals surface area contributed by atoms with Crippen molar-refractivity contribution in [3.8, 4) is 0 Å². The number of nitrogens with one attached hydrogen (secondary N) is 1. The Morgan fingerprint density at radius 1 is 1.05 bits per heavy atom. The number of benzene rings is 1. The van der Waals surface area contributed by atoms with Gasteiger partial charge in [0.2, 0.25) is 0 Å². The molecule has 1 N–H and O–H groups in total. The van der Waals surface area contributed by atoms with Crippen LogP contribution in [0.3, 0.4) is 0 Å². The SMILES string of the molecule is CCNC(c1c(F)cccc1F)c1c(C)oc(C)c1C. The van der Waals surface area contributed by atoms with Crippen LogP contribution in [-0.2, 0) is 0 Å². The van der Waals surface area contributed by atoms with Gasteiger partial charge in [0, 0.05) is 11.1 Å². The smallest absolute Gasteiger partial charge is 0.131 e. The molecule has 0 spiro atoms. The molecule has 0 aliphatic rings. The molecule has 0 bridgehead atoms. The predicted molar refractivity (Wildman–Crippen MR) is 74.8 cm³/mol. The van der Waals surface area contributed by atoms with Crippen LogP contribution in [0.2, 0.25) is 0 Å². The highest BCUT2D eigenvalue weighted by molar-refractivity contribution is 5.41. The van der Waals surface area contributed by atoms with Crippen molar-refractivity contribution in [3.05, 3.63) is 58.0 Å². The monoisotopic (exact) mass is 279 g/mol. The van der Waals surface area contributed by atoms with Crippen LogP contribution in [0.4, 0.5) is 8.78 Å². The summed E-state index contributed by atoms with van der Waals surface area (Å²) in [6.07, 6.45) is 0. The third-order valence-corrected chi connectivity index (χ3v) is 3.60. The number of aryl methyl sites for hydroxylation is 2. The molecular formula is C16H19F2NO. The highest BCUT2D eigenvalue weighted by Gasteiger charge is 2.26. The number of furan rings is 1.